The molecule has 0 aliphatic heterocycles. The topological polar surface area (TPSA) is 74.7 Å². The predicted octanol–water partition coefficient (Wildman–Crippen LogP) is 1.66. The molecule has 0 bridgehead atoms. The molecule has 0 aromatic carbocycles. The third kappa shape index (κ3) is 3.35. The van der Waals surface area contributed by atoms with Gasteiger partial charge in [-0.25, -0.2) is 0 Å². The van der Waals surface area contributed by atoms with Crippen LogP contribution >= 0.6 is 0 Å². The quantitative estimate of drug-likeness (QED) is 0.784. The van der Waals surface area contributed by atoms with Gasteiger partial charge >= 0.3 is 0 Å². The maximum Gasteiger partial charge on any atom is 0.223 e. The van der Waals surface area contributed by atoms with E-state index in [-0.39, 0.29) is 37.0 Å². The number of nitrogens with zero attached hydrogens (tertiary/aromatic N) is 1. The maximum absolute atomic E-state index is 12.6. The highest BCUT2D eigenvalue weighted by atomic mass is 16.3. The molecule has 1 N–H and O–H groups in total. The zero-order chi connectivity index (χ0) is 17.2. The summed E-state index contributed by atoms with van der Waals surface area (Å²) in [6.07, 6.45) is 0.113. The molecule has 0 saturated heterocycles. The lowest BCUT2D eigenvalue weighted by atomic mass is 9.71. The Morgan fingerprint density at radius 1 is 1.05 bits per heavy atom. The Balaban J connectivity index is 3.14. The van der Waals surface area contributed by atoms with Crippen LogP contribution in [0.2, 0.25) is 0 Å². The van der Waals surface area contributed by atoms with Gasteiger partial charge in [-0.2, -0.15) is 0 Å². The summed E-state index contributed by atoms with van der Waals surface area (Å²) in [6, 6.07) is 0. The molecule has 0 radical (unpaired) electrons. The summed E-state index contributed by atoms with van der Waals surface area (Å²) in [4.78, 5) is 38.5. The molecule has 5 nitrogen and oxygen atoms in total. The van der Waals surface area contributed by atoms with Crippen LogP contribution in [0.5, 0.6) is 0 Å². The van der Waals surface area contributed by atoms with Gasteiger partial charge in [0.15, 0.2) is 11.6 Å². The largest absolute Gasteiger partial charge is 0.395 e. The zero-order valence-electron chi connectivity index (χ0n) is 14.2. The third-order valence-electron chi connectivity index (χ3n) is 4.32. The molecule has 0 aromatic heterocycles. The molecule has 1 amide bonds. The Morgan fingerprint density at radius 2 is 1.55 bits per heavy atom. The lowest BCUT2D eigenvalue weighted by Gasteiger charge is -2.32. The van der Waals surface area contributed by atoms with Gasteiger partial charge in [0, 0.05) is 47.7 Å². The molecule has 122 valence electrons. The van der Waals surface area contributed by atoms with E-state index in [4.69, 9.17) is 5.11 Å². The number of ketones is 2. The molecule has 0 fully saturated rings. The van der Waals surface area contributed by atoms with Crippen molar-refractivity contribution in [3.8, 4) is 0 Å². The third-order valence-corrected chi connectivity index (χ3v) is 4.32. The summed E-state index contributed by atoms with van der Waals surface area (Å²) < 4.78 is 0. The van der Waals surface area contributed by atoms with Gasteiger partial charge in [0.1, 0.15) is 0 Å². The first-order chi connectivity index (χ1) is 10.0. The normalized spacial score (nSPS) is 16.5. The minimum Gasteiger partial charge on any atom is -0.395 e. The van der Waals surface area contributed by atoms with Crippen LogP contribution in [-0.2, 0) is 14.4 Å². The Kier molecular flexibility index (Phi) is 5.46. The number of carbonyl (C=O) groups is 3. The van der Waals surface area contributed by atoms with Crippen LogP contribution in [0.25, 0.3) is 0 Å². The van der Waals surface area contributed by atoms with Crippen molar-refractivity contribution in [1.29, 1.82) is 0 Å². The van der Waals surface area contributed by atoms with E-state index in [1.807, 2.05) is 0 Å². The number of Topliss-reactive ketones (excluding diaryl/α,β-unsaturated/α-hetero) is 2. The first-order valence-corrected chi connectivity index (χ1v) is 7.37. The van der Waals surface area contributed by atoms with Crippen molar-refractivity contribution in [2.75, 3.05) is 20.2 Å². The van der Waals surface area contributed by atoms with Crippen LogP contribution in [0, 0.1) is 5.41 Å². The number of hydrogen-bond acceptors (Lipinski definition) is 4. The number of hydrogen-bond donors (Lipinski definition) is 1. The van der Waals surface area contributed by atoms with Gasteiger partial charge in [-0.05, 0) is 20.8 Å². The van der Waals surface area contributed by atoms with E-state index >= 15 is 0 Å². The van der Waals surface area contributed by atoms with Crippen LogP contribution in [0.3, 0.4) is 0 Å². The fraction of sp³-hybridized carbons (Fsp3) is 0.588. The highest BCUT2D eigenvalue weighted by molar-refractivity contribution is 6.25. The van der Waals surface area contributed by atoms with E-state index < -0.39 is 5.41 Å². The molecule has 1 rings (SSSR count). The van der Waals surface area contributed by atoms with Crippen LogP contribution in [-0.4, -0.2) is 47.7 Å². The SMILES string of the molecule is CC1=C(C)C(=O)C(C(C)(C)CC(=O)N(C)CCO)=C(C)C1=O. The van der Waals surface area contributed by atoms with E-state index in [2.05, 4.69) is 0 Å². The van der Waals surface area contributed by atoms with Gasteiger partial charge in [-0.15, -0.1) is 0 Å². The minimum absolute atomic E-state index is 0.108. The van der Waals surface area contributed by atoms with Gasteiger partial charge in [0.2, 0.25) is 5.91 Å². The monoisotopic (exact) mass is 307 g/mol. The number of aliphatic hydroxyl groups excluding tert-OH is 1. The second-order valence-corrected chi connectivity index (χ2v) is 6.51. The number of rotatable bonds is 5. The van der Waals surface area contributed by atoms with Crippen LogP contribution < -0.4 is 0 Å². The van der Waals surface area contributed by atoms with Crippen molar-refractivity contribution >= 4 is 17.5 Å². The predicted molar refractivity (Wildman–Crippen MR) is 84.2 cm³/mol. The number of aliphatic hydroxyl groups is 1. The van der Waals surface area contributed by atoms with Crippen molar-refractivity contribution in [3.63, 3.8) is 0 Å². The molecule has 0 unspecified atom stereocenters. The van der Waals surface area contributed by atoms with Crippen LogP contribution in [0.1, 0.15) is 41.0 Å². The van der Waals surface area contributed by atoms with E-state index in [9.17, 15) is 14.4 Å². The van der Waals surface area contributed by atoms with Gasteiger partial charge in [0.05, 0.1) is 6.61 Å². The first kappa shape index (κ1) is 18.3. The van der Waals surface area contributed by atoms with E-state index in [0.717, 1.165) is 0 Å². The number of carbonyl (C=O) groups excluding carboxylic acids is 3. The van der Waals surface area contributed by atoms with E-state index in [1.54, 1.807) is 41.7 Å². The van der Waals surface area contributed by atoms with Crippen molar-refractivity contribution in [2.24, 2.45) is 5.41 Å². The number of allylic oxidation sites excluding steroid dienone is 4. The molecule has 0 aromatic rings. The van der Waals surface area contributed by atoms with E-state index in [0.29, 0.717) is 22.3 Å². The Hall–Kier alpha value is -1.75. The summed E-state index contributed by atoms with van der Waals surface area (Å²) in [5.74, 6) is -0.447. The minimum atomic E-state index is -0.737. The Bertz CT molecular complexity index is 581. The smallest absolute Gasteiger partial charge is 0.223 e. The average molecular weight is 307 g/mol. The molecule has 0 heterocycles. The van der Waals surface area contributed by atoms with E-state index in [1.165, 1.54) is 4.90 Å². The van der Waals surface area contributed by atoms with Crippen molar-refractivity contribution < 1.29 is 19.5 Å². The standard InChI is InChI=1S/C17H25NO4/c1-10-11(2)16(22)14(12(3)15(10)21)17(4,5)9-13(20)18(6)7-8-19/h19H,7-9H2,1-6H3. The highest BCUT2D eigenvalue weighted by Crippen LogP contribution is 2.39. The Labute approximate surface area is 131 Å². The van der Waals surface area contributed by atoms with Gasteiger partial charge < -0.3 is 10.0 Å². The van der Waals surface area contributed by atoms with Crippen molar-refractivity contribution in [2.45, 2.75) is 41.0 Å². The molecule has 0 spiro atoms. The molecule has 1 aliphatic rings. The summed E-state index contributed by atoms with van der Waals surface area (Å²) >= 11 is 0. The summed E-state index contributed by atoms with van der Waals surface area (Å²) in [5, 5.41) is 8.91. The molecule has 22 heavy (non-hydrogen) atoms. The zero-order valence-corrected chi connectivity index (χ0v) is 14.2. The lowest BCUT2D eigenvalue weighted by molar-refractivity contribution is -0.132. The molecular weight excluding hydrogens is 282 g/mol. The van der Waals surface area contributed by atoms with Gasteiger partial charge in [0.25, 0.3) is 0 Å². The number of likely N-dealkylation sites (N-methyl/N-ethyl adjacent to an activating group) is 1. The second-order valence-electron chi connectivity index (χ2n) is 6.51. The lowest BCUT2D eigenvalue weighted by Crippen LogP contribution is -2.36. The molecule has 1 aliphatic carbocycles. The average Bonchev–Trinajstić information content (AvgIpc) is 2.42. The summed E-state index contributed by atoms with van der Waals surface area (Å²) in [6.45, 7) is 8.70. The fourth-order valence-corrected chi connectivity index (χ4v) is 2.78. The summed E-state index contributed by atoms with van der Waals surface area (Å²) in [7, 11) is 1.61. The van der Waals surface area contributed by atoms with Crippen molar-refractivity contribution in [1.82, 2.24) is 4.90 Å². The molecule has 0 atom stereocenters. The molecule has 5 heteroatoms. The Morgan fingerprint density at radius 3 is 2.05 bits per heavy atom. The highest BCUT2D eigenvalue weighted by Gasteiger charge is 2.38. The van der Waals surface area contributed by atoms with Crippen LogP contribution in [0.4, 0.5) is 0 Å². The van der Waals surface area contributed by atoms with Gasteiger partial charge in [-0.1, -0.05) is 13.8 Å². The summed E-state index contributed by atoms with van der Waals surface area (Å²) in [5.41, 5.74) is 1.04. The van der Waals surface area contributed by atoms with Crippen molar-refractivity contribution in [3.05, 3.63) is 22.3 Å². The molecular formula is C17H25NO4. The number of amides is 1. The van der Waals surface area contributed by atoms with Crippen LogP contribution in [0.15, 0.2) is 22.3 Å². The second kappa shape index (κ2) is 6.57. The molecule has 0 saturated carbocycles. The fourth-order valence-electron chi connectivity index (χ4n) is 2.78. The van der Waals surface area contributed by atoms with Gasteiger partial charge in [-0.3, -0.25) is 14.4 Å². The first-order valence-electron chi connectivity index (χ1n) is 7.37. The maximum atomic E-state index is 12.6.